The second-order valence-electron chi connectivity index (χ2n) is 5.92. The first-order valence-electron chi connectivity index (χ1n) is 7.31. The molecule has 2 N–H and O–H groups in total. The zero-order chi connectivity index (χ0) is 13.2. The number of aromatic nitrogens is 1. The van der Waals surface area contributed by atoms with Crippen LogP contribution in [0, 0.1) is 12.8 Å². The molecule has 1 saturated heterocycles. The summed E-state index contributed by atoms with van der Waals surface area (Å²) in [6.45, 7) is 5.30. The summed E-state index contributed by atoms with van der Waals surface area (Å²) in [5.74, 6) is 1.50. The highest BCUT2D eigenvalue weighted by Crippen LogP contribution is 2.25. The van der Waals surface area contributed by atoms with E-state index in [1.54, 1.807) is 0 Å². The molecule has 1 aliphatic carbocycles. The van der Waals surface area contributed by atoms with Gasteiger partial charge in [0.2, 0.25) is 0 Å². The Kier molecular flexibility index (Phi) is 3.71. The molecule has 104 valence electrons. The largest absolute Gasteiger partial charge is 0.396 e. The Hall–Kier alpha value is -1.13. The molecule has 4 nitrogen and oxygen atoms in total. The van der Waals surface area contributed by atoms with Crippen molar-refractivity contribution < 1.29 is 5.11 Å². The van der Waals surface area contributed by atoms with E-state index >= 15 is 0 Å². The number of nitrogens with zero attached hydrogens (tertiary/aromatic N) is 2. The van der Waals surface area contributed by atoms with Crippen LogP contribution in [-0.4, -0.2) is 35.8 Å². The van der Waals surface area contributed by atoms with Crippen molar-refractivity contribution in [2.24, 2.45) is 5.92 Å². The number of pyridine rings is 1. The molecule has 0 aromatic carbocycles. The lowest BCUT2D eigenvalue weighted by molar-refractivity contribution is 0.238. The van der Waals surface area contributed by atoms with Gasteiger partial charge in [-0.1, -0.05) is 0 Å². The fraction of sp³-hybridized carbons (Fsp3) is 0.667. The van der Waals surface area contributed by atoms with E-state index in [1.165, 1.54) is 24.0 Å². The summed E-state index contributed by atoms with van der Waals surface area (Å²) in [6, 6.07) is 2.98. The van der Waals surface area contributed by atoms with Crippen molar-refractivity contribution in [1.29, 1.82) is 0 Å². The Morgan fingerprint density at radius 3 is 2.89 bits per heavy atom. The molecular formula is C15H23N3O. The number of nitrogens with one attached hydrogen (secondary N) is 1. The van der Waals surface area contributed by atoms with Crippen LogP contribution >= 0.6 is 0 Å². The van der Waals surface area contributed by atoms with E-state index in [9.17, 15) is 5.11 Å². The van der Waals surface area contributed by atoms with Gasteiger partial charge in [0.15, 0.2) is 0 Å². The highest BCUT2D eigenvalue weighted by molar-refractivity contribution is 5.48. The summed E-state index contributed by atoms with van der Waals surface area (Å²) in [6.07, 6.45) is 5.70. The van der Waals surface area contributed by atoms with Crippen LogP contribution in [-0.2, 0) is 6.54 Å². The molecule has 2 aliphatic rings. The molecule has 0 spiro atoms. The second-order valence-corrected chi connectivity index (χ2v) is 5.92. The van der Waals surface area contributed by atoms with E-state index < -0.39 is 0 Å². The Morgan fingerprint density at radius 2 is 2.26 bits per heavy atom. The topological polar surface area (TPSA) is 48.4 Å². The Bertz CT molecular complexity index is 445. The van der Waals surface area contributed by atoms with Gasteiger partial charge in [0.1, 0.15) is 5.82 Å². The molecule has 19 heavy (non-hydrogen) atoms. The first kappa shape index (κ1) is 12.9. The van der Waals surface area contributed by atoms with Gasteiger partial charge in [0.05, 0.1) is 0 Å². The minimum absolute atomic E-state index is 0.291. The molecule has 1 aromatic heterocycles. The van der Waals surface area contributed by atoms with Gasteiger partial charge in [-0.2, -0.15) is 0 Å². The SMILES string of the molecule is Cc1cc(CNC2CC2)cnc1N1CCC(CO)C1. The molecule has 3 rings (SSSR count). The molecule has 0 radical (unpaired) electrons. The molecule has 0 amide bonds. The number of rotatable bonds is 5. The van der Waals surface area contributed by atoms with Gasteiger partial charge in [-0.25, -0.2) is 4.98 Å². The van der Waals surface area contributed by atoms with E-state index in [-0.39, 0.29) is 0 Å². The van der Waals surface area contributed by atoms with Crippen LogP contribution in [0.2, 0.25) is 0 Å². The number of anilines is 1. The van der Waals surface area contributed by atoms with Crippen molar-refractivity contribution in [1.82, 2.24) is 10.3 Å². The molecule has 0 bridgehead atoms. The Balaban J connectivity index is 1.65. The van der Waals surface area contributed by atoms with Crippen molar-refractivity contribution in [3.8, 4) is 0 Å². The highest BCUT2D eigenvalue weighted by atomic mass is 16.3. The number of hydrogen-bond donors (Lipinski definition) is 2. The lowest BCUT2D eigenvalue weighted by Gasteiger charge is -2.20. The molecular weight excluding hydrogens is 238 g/mol. The quantitative estimate of drug-likeness (QED) is 0.842. The summed E-state index contributed by atoms with van der Waals surface area (Å²) in [5.41, 5.74) is 2.51. The summed E-state index contributed by atoms with van der Waals surface area (Å²) in [7, 11) is 0. The third kappa shape index (κ3) is 3.07. The highest BCUT2D eigenvalue weighted by Gasteiger charge is 2.24. The predicted molar refractivity (Wildman–Crippen MR) is 76.2 cm³/mol. The number of aryl methyl sites for hydroxylation is 1. The maximum Gasteiger partial charge on any atom is 0.131 e. The van der Waals surface area contributed by atoms with Crippen LogP contribution < -0.4 is 10.2 Å². The van der Waals surface area contributed by atoms with E-state index in [1.807, 2.05) is 6.20 Å². The van der Waals surface area contributed by atoms with Gasteiger partial charge >= 0.3 is 0 Å². The standard InChI is InChI=1S/C15H23N3O/c1-11-6-13(7-16-14-2-3-14)8-17-15(11)18-5-4-12(9-18)10-19/h6,8,12,14,16,19H,2-5,7,9-10H2,1H3. The van der Waals surface area contributed by atoms with Crippen molar-refractivity contribution in [2.75, 3.05) is 24.6 Å². The van der Waals surface area contributed by atoms with Crippen molar-refractivity contribution in [3.05, 3.63) is 23.4 Å². The van der Waals surface area contributed by atoms with Crippen LogP contribution in [0.15, 0.2) is 12.3 Å². The van der Waals surface area contributed by atoms with Gasteiger partial charge < -0.3 is 15.3 Å². The van der Waals surface area contributed by atoms with Crippen molar-refractivity contribution in [2.45, 2.75) is 38.8 Å². The summed E-state index contributed by atoms with van der Waals surface area (Å²) in [5, 5.41) is 12.7. The second kappa shape index (κ2) is 5.47. The fourth-order valence-corrected chi connectivity index (χ4v) is 2.78. The number of aliphatic hydroxyl groups excluding tert-OH is 1. The Labute approximate surface area is 114 Å². The van der Waals surface area contributed by atoms with E-state index in [0.29, 0.717) is 12.5 Å². The number of aliphatic hydroxyl groups is 1. The predicted octanol–water partition coefficient (Wildman–Crippen LogP) is 1.46. The molecule has 1 saturated carbocycles. The number of hydrogen-bond acceptors (Lipinski definition) is 4. The lowest BCUT2D eigenvalue weighted by atomic mass is 10.1. The van der Waals surface area contributed by atoms with E-state index in [4.69, 9.17) is 0 Å². The van der Waals surface area contributed by atoms with Gasteiger partial charge in [-0.15, -0.1) is 0 Å². The third-order valence-electron chi connectivity index (χ3n) is 4.12. The van der Waals surface area contributed by atoms with E-state index in [2.05, 4.69) is 28.2 Å². The average molecular weight is 261 g/mol. The van der Waals surface area contributed by atoms with Crippen LogP contribution in [0.3, 0.4) is 0 Å². The van der Waals surface area contributed by atoms with Crippen LogP contribution in [0.1, 0.15) is 30.4 Å². The van der Waals surface area contributed by atoms with Crippen molar-refractivity contribution >= 4 is 5.82 Å². The average Bonchev–Trinajstić information content (AvgIpc) is 3.13. The minimum atomic E-state index is 0.291. The Morgan fingerprint density at radius 1 is 1.42 bits per heavy atom. The van der Waals surface area contributed by atoms with Crippen LogP contribution in [0.5, 0.6) is 0 Å². The minimum Gasteiger partial charge on any atom is -0.396 e. The molecule has 4 heteroatoms. The van der Waals surface area contributed by atoms with Gasteiger partial charge in [-0.05, 0) is 43.4 Å². The zero-order valence-electron chi connectivity index (χ0n) is 11.6. The summed E-state index contributed by atoms with van der Waals surface area (Å²) in [4.78, 5) is 6.93. The van der Waals surface area contributed by atoms with Gasteiger partial charge in [-0.3, -0.25) is 0 Å². The van der Waals surface area contributed by atoms with Crippen molar-refractivity contribution in [3.63, 3.8) is 0 Å². The maximum atomic E-state index is 9.22. The van der Waals surface area contributed by atoms with Gasteiger partial charge in [0.25, 0.3) is 0 Å². The normalized spacial score (nSPS) is 23.1. The van der Waals surface area contributed by atoms with Crippen LogP contribution in [0.25, 0.3) is 0 Å². The smallest absolute Gasteiger partial charge is 0.131 e. The molecule has 2 heterocycles. The summed E-state index contributed by atoms with van der Waals surface area (Å²) >= 11 is 0. The van der Waals surface area contributed by atoms with E-state index in [0.717, 1.165) is 37.9 Å². The molecule has 2 fully saturated rings. The molecule has 1 unspecified atom stereocenters. The van der Waals surface area contributed by atoms with Crippen LogP contribution in [0.4, 0.5) is 5.82 Å². The fourth-order valence-electron chi connectivity index (χ4n) is 2.78. The molecule has 1 aliphatic heterocycles. The summed E-state index contributed by atoms with van der Waals surface area (Å²) < 4.78 is 0. The molecule has 1 atom stereocenters. The monoisotopic (exact) mass is 261 g/mol. The zero-order valence-corrected chi connectivity index (χ0v) is 11.6. The third-order valence-corrected chi connectivity index (χ3v) is 4.12. The van der Waals surface area contributed by atoms with Gasteiger partial charge in [0, 0.05) is 44.4 Å². The first-order chi connectivity index (χ1) is 9.26. The first-order valence-corrected chi connectivity index (χ1v) is 7.31. The molecule has 1 aromatic rings. The lowest BCUT2D eigenvalue weighted by Crippen LogP contribution is -2.23. The maximum absolute atomic E-state index is 9.22.